The van der Waals surface area contributed by atoms with Crippen LogP contribution in [0.2, 0.25) is 5.02 Å². The fourth-order valence-corrected chi connectivity index (χ4v) is 7.13. The molecule has 1 amide bonds. The molecule has 0 aliphatic carbocycles. The van der Waals surface area contributed by atoms with E-state index in [0.29, 0.717) is 5.56 Å². The molecule has 21 heteroatoms. The molecule has 0 unspecified atom stereocenters. The number of carbonyl (C=O) groups excluding carboxylic acids is 8. The molecular weight excluding hydrogens is 894 g/mol. The van der Waals surface area contributed by atoms with E-state index in [1.165, 1.54) is 43.3 Å². The van der Waals surface area contributed by atoms with Crippen molar-refractivity contribution >= 4 is 65.0 Å². The van der Waals surface area contributed by atoms with Crippen molar-refractivity contribution in [2.24, 2.45) is 0 Å². The normalized spacial score (nSPS) is 24.7. The van der Waals surface area contributed by atoms with Gasteiger partial charge in [-0.3, -0.25) is 28.8 Å². The summed E-state index contributed by atoms with van der Waals surface area (Å²) < 4.78 is 64.8. The van der Waals surface area contributed by atoms with Gasteiger partial charge in [0.05, 0.1) is 28.4 Å². The Labute approximate surface area is 383 Å². The lowest BCUT2D eigenvalue weighted by molar-refractivity contribution is -0.361. The van der Waals surface area contributed by atoms with Crippen LogP contribution < -0.4 is 5.32 Å². The van der Waals surface area contributed by atoms with Crippen molar-refractivity contribution in [3.8, 4) is 0 Å². The van der Waals surface area contributed by atoms with Gasteiger partial charge in [0, 0.05) is 41.5 Å². The van der Waals surface area contributed by atoms with Gasteiger partial charge in [0.15, 0.2) is 43.1 Å². The van der Waals surface area contributed by atoms with Crippen LogP contribution in [-0.2, 0) is 87.5 Å². The molecule has 354 valence electrons. The summed E-state index contributed by atoms with van der Waals surface area (Å²) in [5.41, 5.74) is 0.994. The van der Waals surface area contributed by atoms with E-state index < -0.39 is 122 Å². The van der Waals surface area contributed by atoms with E-state index in [1.54, 1.807) is 42.5 Å². The Hall–Kier alpha value is -6.45. The van der Waals surface area contributed by atoms with Crippen molar-refractivity contribution in [1.82, 2.24) is 0 Å². The molecule has 3 aromatic rings. The van der Waals surface area contributed by atoms with Gasteiger partial charge in [-0.25, -0.2) is 9.59 Å². The van der Waals surface area contributed by atoms with Gasteiger partial charge >= 0.3 is 41.8 Å². The van der Waals surface area contributed by atoms with Crippen molar-refractivity contribution in [2.45, 2.75) is 110 Å². The lowest BCUT2D eigenvalue weighted by Crippen LogP contribution is -2.67. The second-order valence-electron chi connectivity index (χ2n) is 14.8. The van der Waals surface area contributed by atoms with Crippen LogP contribution in [-0.4, -0.2) is 122 Å². The minimum atomic E-state index is -1.90. The predicted molar refractivity (Wildman–Crippen MR) is 224 cm³/mol. The highest BCUT2D eigenvalue weighted by Crippen LogP contribution is 2.36. The number of benzene rings is 3. The van der Waals surface area contributed by atoms with Gasteiger partial charge < -0.3 is 57.4 Å². The molecule has 0 aromatic heterocycles. The Morgan fingerprint density at radius 3 is 1.44 bits per heavy atom. The molecule has 20 nitrogen and oxygen atoms in total. The second-order valence-corrected chi connectivity index (χ2v) is 15.2. The Morgan fingerprint density at radius 2 is 0.955 bits per heavy atom. The van der Waals surface area contributed by atoms with E-state index in [1.807, 2.05) is 0 Å². The van der Waals surface area contributed by atoms with Crippen LogP contribution in [0.4, 0.5) is 5.69 Å². The number of nitrogens with one attached hydrogen (secondary N) is 1. The maximum atomic E-state index is 13.3. The number of rotatable bonds is 17. The molecule has 0 bridgehead atoms. The first-order valence-corrected chi connectivity index (χ1v) is 20.7. The van der Waals surface area contributed by atoms with E-state index in [0.717, 1.165) is 34.6 Å². The molecule has 1 N–H and O–H groups in total. The molecule has 2 aliphatic heterocycles. The average molecular weight is 942 g/mol. The van der Waals surface area contributed by atoms with Crippen LogP contribution in [0, 0.1) is 0 Å². The molecule has 3 aromatic carbocycles. The van der Waals surface area contributed by atoms with Gasteiger partial charge in [-0.1, -0.05) is 54.1 Å². The molecule has 2 heterocycles. The molecule has 2 fully saturated rings. The maximum Gasteiger partial charge on any atom is 0.338 e. The highest BCUT2D eigenvalue weighted by Gasteiger charge is 2.57. The van der Waals surface area contributed by atoms with Crippen molar-refractivity contribution in [3.05, 3.63) is 101 Å². The number of hydrogen-bond acceptors (Lipinski definition) is 19. The average Bonchev–Trinajstić information content (AvgIpc) is 3.25. The fraction of sp³-hybridized carbons (Fsp3) is 0.422. The zero-order valence-electron chi connectivity index (χ0n) is 36.5. The summed E-state index contributed by atoms with van der Waals surface area (Å²) in [6.45, 7) is 4.89. The third-order valence-corrected chi connectivity index (χ3v) is 9.85. The molecule has 0 radical (unpaired) electrons. The second kappa shape index (κ2) is 23.7. The molecule has 5 rings (SSSR count). The van der Waals surface area contributed by atoms with Crippen molar-refractivity contribution in [3.63, 3.8) is 0 Å². The summed E-state index contributed by atoms with van der Waals surface area (Å²) in [5.74, 6) is -6.64. The Balaban J connectivity index is 1.58. The lowest BCUT2D eigenvalue weighted by Gasteiger charge is -2.48. The number of esters is 7. The minimum absolute atomic E-state index is 0.143. The van der Waals surface area contributed by atoms with Gasteiger partial charge in [0.2, 0.25) is 5.91 Å². The van der Waals surface area contributed by atoms with Crippen LogP contribution in [0.25, 0.3) is 0 Å². The quantitative estimate of drug-likeness (QED) is 0.148. The molecule has 66 heavy (non-hydrogen) atoms. The molecule has 2 saturated heterocycles. The SMILES string of the molecule is CC(=O)Nc1cc(CO[C@@H]2O[C@H](COC(=O)c3ccccc3)[C@@H](O[C@H]3O[C@H](COC(=O)c4ccccc4)[C@@H](OC(C)=O)[C@H](OC(C)=O)[C@H]3OC(C)=O)[C@H](OC(C)=O)[C@H]2OC(C)=O)ccc1Cl. The summed E-state index contributed by atoms with van der Waals surface area (Å²) in [5, 5.41) is 2.82. The number of halogens is 1. The van der Waals surface area contributed by atoms with Crippen LogP contribution in [0.3, 0.4) is 0 Å². The summed E-state index contributed by atoms with van der Waals surface area (Å²) in [7, 11) is 0. The fourth-order valence-electron chi connectivity index (χ4n) is 6.96. The van der Waals surface area contributed by atoms with E-state index in [-0.39, 0.29) is 28.4 Å². The van der Waals surface area contributed by atoms with E-state index in [4.69, 9.17) is 63.7 Å². The van der Waals surface area contributed by atoms with E-state index in [2.05, 4.69) is 5.32 Å². The van der Waals surface area contributed by atoms with Gasteiger partial charge in [0.1, 0.15) is 31.5 Å². The zero-order valence-corrected chi connectivity index (χ0v) is 37.3. The number of amides is 1. The van der Waals surface area contributed by atoms with Crippen LogP contribution in [0.5, 0.6) is 0 Å². The topological polar surface area (TPSA) is 250 Å². The van der Waals surface area contributed by atoms with E-state index >= 15 is 0 Å². The molecule has 0 spiro atoms. The minimum Gasteiger partial charge on any atom is -0.459 e. The number of anilines is 1. The number of ether oxygens (including phenoxy) is 11. The summed E-state index contributed by atoms with van der Waals surface area (Å²) >= 11 is 6.28. The first kappa shape index (κ1) is 50.5. The highest BCUT2D eigenvalue weighted by atomic mass is 35.5. The van der Waals surface area contributed by atoms with Crippen molar-refractivity contribution in [1.29, 1.82) is 0 Å². The summed E-state index contributed by atoms with van der Waals surface area (Å²) in [4.78, 5) is 102. The molecule has 2 aliphatic rings. The number of hydrogen-bond donors (Lipinski definition) is 1. The smallest absolute Gasteiger partial charge is 0.338 e. The predicted octanol–water partition coefficient (Wildman–Crippen LogP) is 4.02. The zero-order chi connectivity index (χ0) is 48.1. The van der Waals surface area contributed by atoms with Gasteiger partial charge in [-0.05, 0) is 42.0 Å². The Morgan fingerprint density at radius 1 is 0.530 bits per heavy atom. The Kier molecular flexibility index (Phi) is 18.1. The molecular formula is C45H48ClNO19. The molecule has 10 atom stereocenters. The highest BCUT2D eigenvalue weighted by molar-refractivity contribution is 6.33. The first-order chi connectivity index (χ1) is 31.4. The Bertz CT molecular complexity index is 2220. The monoisotopic (exact) mass is 941 g/mol. The maximum absolute atomic E-state index is 13.3. The van der Waals surface area contributed by atoms with Crippen molar-refractivity contribution in [2.75, 3.05) is 18.5 Å². The molecule has 0 saturated carbocycles. The van der Waals surface area contributed by atoms with Crippen LogP contribution >= 0.6 is 11.6 Å². The summed E-state index contributed by atoms with van der Waals surface area (Å²) in [6, 6.07) is 20.3. The van der Waals surface area contributed by atoms with Crippen LogP contribution in [0.15, 0.2) is 78.9 Å². The van der Waals surface area contributed by atoms with Gasteiger partial charge in [-0.15, -0.1) is 0 Å². The largest absolute Gasteiger partial charge is 0.459 e. The standard InChI is InChI=1S/C45H48ClNO19/c1-23(48)47-33-19-29(17-18-32(33)46)20-58-44-40(62-27(5)52)39(61-26(4)51)37(35(64-44)22-57-43(55)31-15-11-8-12-16-31)66-45-41(63-28(6)53)38(60-25(3)50)36(59-24(2)49)34(65-45)21-56-42(54)30-13-9-7-10-14-30/h7-19,34-41,44-45H,20-22H2,1-6H3,(H,47,48)/t34-,35-,36-,37-,38+,39+,40-,41-,44-,45-/m1/s1. The van der Waals surface area contributed by atoms with Gasteiger partial charge in [0.25, 0.3) is 0 Å². The summed E-state index contributed by atoms with van der Waals surface area (Å²) in [6.07, 6.45) is -16.7. The third kappa shape index (κ3) is 14.3. The lowest BCUT2D eigenvalue weighted by atomic mass is 9.96. The van der Waals surface area contributed by atoms with E-state index in [9.17, 15) is 38.4 Å². The van der Waals surface area contributed by atoms with Crippen molar-refractivity contribution < 1.29 is 90.5 Å². The first-order valence-electron chi connectivity index (χ1n) is 20.3. The van der Waals surface area contributed by atoms with Crippen LogP contribution in [0.1, 0.15) is 67.8 Å². The number of carbonyl (C=O) groups is 8. The van der Waals surface area contributed by atoms with Gasteiger partial charge in [-0.2, -0.15) is 0 Å². The third-order valence-electron chi connectivity index (χ3n) is 9.52.